The van der Waals surface area contributed by atoms with Crippen molar-refractivity contribution < 1.29 is 14.8 Å². The average molecular weight is 238 g/mol. The van der Waals surface area contributed by atoms with Crippen LogP contribution in [0.3, 0.4) is 0 Å². The smallest absolute Gasteiger partial charge is 0.258 e. The first kappa shape index (κ1) is 12.0. The van der Waals surface area contributed by atoms with Crippen LogP contribution in [0.15, 0.2) is 12.1 Å². The van der Waals surface area contributed by atoms with Gasteiger partial charge in [-0.3, -0.25) is 30.3 Å². The molecule has 0 aliphatic rings. The van der Waals surface area contributed by atoms with Crippen LogP contribution in [0.2, 0.25) is 0 Å². The molecule has 1 rings (SSSR count). The lowest BCUT2D eigenvalue weighted by Crippen LogP contribution is -2.03. The van der Waals surface area contributed by atoms with Crippen molar-refractivity contribution in [2.24, 2.45) is 0 Å². The monoisotopic (exact) mass is 238 g/mol. The van der Waals surface area contributed by atoms with Gasteiger partial charge in [0.25, 0.3) is 0 Å². The molecule has 0 radical (unpaired) electrons. The third-order valence-corrected chi connectivity index (χ3v) is 1.81. The third-order valence-electron chi connectivity index (χ3n) is 1.81. The summed E-state index contributed by atoms with van der Waals surface area (Å²) in [6.07, 6.45) is 0. The lowest BCUT2D eigenvalue weighted by atomic mass is 10.1. The zero-order chi connectivity index (χ0) is 13.2. The third kappa shape index (κ3) is 1.97. The van der Waals surface area contributed by atoms with Crippen LogP contribution in [-0.4, -0.2) is 14.8 Å². The van der Waals surface area contributed by atoms with Crippen LogP contribution >= 0.6 is 0 Å². The highest BCUT2D eigenvalue weighted by atomic mass is 16.6. The zero-order valence-corrected chi connectivity index (χ0v) is 7.89. The van der Waals surface area contributed by atoms with Gasteiger partial charge in [-0.25, -0.2) is 0 Å². The van der Waals surface area contributed by atoms with Gasteiger partial charge < -0.3 is 0 Å². The summed E-state index contributed by atoms with van der Waals surface area (Å²) in [5, 5.41) is 40.3. The zero-order valence-electron chi connectivity index (χ0n) is 7.89. The Balaban J connectivity index is 3.79. The maximum Gasteiger partial charge on any atom is 0.423 e. The number of nitro benzene ring substituents is 3. The maximum absolute atomic E-state index is 10.6. The molecule has 0 aliphatic heterocycles. The summed E-state index contributed by atoms with van der Waals surface area (Å²) in [5.41, 5.74) is -4.10. The fourth-order valence-corrected chi connectivity index (χ4v) is 1.17. The molecule has 0 heterocycles. The van der Waals surface area contributed by atoms with Gasteiger partial charge in [0.2, 0.25) is 0 Å². The Morgan fingerprint density at radius 3 is 1.82 bits per heavy atom. The molecule has 0 amide bonds. The highest BCUT2D eigenvalue weighted by Gasteiger charge is 2.38. The maximum atomic E-state index is 10.6. The number of hydrogen-bond donors (Lipinski definition) is 0. The summed E-state index contributed by atoms with van der Waals surface area (Å²) >= 11 is 0. The average Bonchev–Trinajstić information content (AvgIpc) is 2.26. The van der Waals surface area contributed by atoms with Crippen molar-refractivity contribution in [3.63, 3.8) is 0 Å². The topological polar surface area (TPSA) is 153 Å². The van der Waals surface area contributed by atoms with Crippen molar-refractivity contribution in [2.45, 2.75) is 0 Å². The van der Waals surface area contributed by atoms with Gasteiger partial charge in [0, 0.05) is 6.07 Å². The first-order valence-corrected chi connectivity index (χ1v) is 3.90. The molecule has 0 aromatic heterocycles. The van der Waals surface area contributed by atoms with E-state index in [1.807, 2.05) is 0 Å². The number of nitriles is 1. The minimum absolute atomic E-state index is 0.604. The highest BCUT2D eigenvalue weighted by Crippen LogP contribution is 2.38. The summed E-state index contributed by atoms with van der Waals surface area (Å²) in [7, 11) is 0. The quantitative estimate of drug-likeness (QED) is 0.567. The number of nitro groups is 3. The number of rotatable bonds is 3. The molecule has 0 saturated heterocycles. The summed E-state index contributed by atoms with van der Waals surface area (Å²) in [6, 6.07) is 2.85. The van der Waals surface area contributed by atoms with Crippen molar-refractivity contribution in [1.29, 1.82) is 5.26 Å². The molecule has 1 aromatic carbocycles. The Labute approximate surface area is 92.1 Å². The van der Waals surface area contributed by atoms with Crippen LogP contribution in [-0.2, 0) is 0 Å². The molecule has 17 heavy (non-hydrogen) atoms. The van der Waals surface area contributed by atoms with E-state index in [1.54, 1.807) is 0 Å². The van der Waals surface area contributed by atoms with Gasteiger partial charge in [-0.05, 0) is 6.07 Å². The molecule has 86 valence electrons. The van der Waals surface area contributed by atoms with Crippen molar-refractivity contribution >= 4 is 17.1 Å². The van der Waals surface area contributed by atoms with E-state index in [0.29, 0.717) is 6.07 Å². The van der Waals surface area contributed by atoms with Crippen molar-refractivity contribution in [2.75, 3.05) is 0 Å². The summed E-state index contributed by atoms with van der Waals surface area (Å²) in [4.78, 5) is 28.1. The van der Waals surface area contributed by atoms with Gasteiger partial charge in [0.15, 0.2) is 0 Å². The van der Waals surface area contributed by atoms with Gasteiger partial charge in [0.1, 0.15) is 11.6 Å². The minimum atomic E-state index is -1.29. The Bertz CT molecular complexity index is 574. The van der Waals surface area contributed by atoms with Gasteiger partial charge in [-0.2, -0.15) is 5.26 Å². The fraction of sp³-hybridized carbons (Fsp3) is 0. The molecule has 0 fully saturated rings. The molecule has 0 bridgehead atoms. The van der Waals surface area contributed by atoms with Crippen LogP contribution in [0, 0.1) is 41.7 Å². The Hall–Kier alpha value is -3.09. The SMILES string of the molecule is N#Cc1ccc([N+](=O)[O-])c([N+](=O)[O-])c1[N+](=O)[O-]. The standard InChI is InChI=1S/C7H2N4O6/c8-3-4-1-2-5(9(12)13)7(11(16)17)6(4)10(14)15/h1-2H. The fourth-order valence-electron chi connectivity index (χ4n) is 1.17. The van der Waals surface area contributed by atoms with Crippen molar-refractivity contribution in [1.82, 2.24) is 0 Å². The predicted molar refractivity (Wildman–Crippen MR) is 51.1 cm³/mol. The van der Waals surface area contributed by atoms with E-state index in [2.05, 4.69) is 0 Å². The van der Waals surface area contributed by atoms with Crippen LogP contribution in [0.5, 0.6) is 0 Å². The molecule has 0 aliphatic carbocycles. The normalized spacial score (nSPS) is 9.35. The second-order valence-corrected chi connectivity index (χ2v) is 2.71. The number of nitrogens with zero attached hydrogens (tertiary/aromatic N) is 4. The minimum Gasteiger partial charge on any atom is -0.258 e. The second-order valence-electron chi connectivity index (χ2n) is 2.71. The second kappa shape index (κ2) is 4.19. The van der Waals surface area contributed by atoms with Crippen molar-refractivity contribution in [3.8, 4) is 6.07 Å². The van der Waals surface area contributed by atoms with E-state index in [1.165, 1.54) is 6.07 Å². The van der Waals surface area contributed by atoms with E-state index in [4.69, 9.17) is 5.26 Å². The summed E-state index contributed by atoms with van der Waals surface area (Å²) < 4.78 is 0. The Morgan fingerprint density at radius 1 is 0.941 bits per heavy atom. The largest absolute Gasteiger partial charge is 0.423 e. The molecular formula is C7H2N4O6. The first-order valence-electron chi connectivity index (χ1n) is 3.90. The molecule has 0 atom stereocenters. The van der Waals surface area contributed by atoms with Gasteiger partial charge >= 0.3 is 17.1 Å². The van der Waals surface area contributed by atoms with Crippen LogP contribution < -0.4 is 0 Å². The van der Waals surface area contributed by atoms with Gasteiger partial charge in [-0.15, -0.1) is 0 Å². The lowest BCUT2D eigenvalue weighted by molar-refractivity contribution is -0.441. The molecule has 0 spiro atoms. The Morgan fingerprint density at radius 2 is 1.47 bits per heavy atom. The van der Waals surface area contributed by atoms with Crippen molar-refractivity contribution in [3.05, 3.63) is 48.0 Å². The van der Waals surface area contributed by atoms with E-state index >= 15 is 0 Å². The predicted octanol–water partition coefficient (Wildman–Crippen LogP) is 1.28. The van der Waals surface area contributed by atoms with E-state index < -0.39 is 37.4 Å². The lowest BCUT2D eigenvalue weighted by Gasteiger charge is -1.97. The number of benzene rings is 1. The molecule has 1 aromatic rings. The van der Waals surface area contributed by atoms with E-state index in [-0.39, 0.29) is 0 Å². The van der Waals surface area contributed by atoms with E-state index in [0.717, 1.165) is 6.07 Å². The molecule has 10 nitrogen and oxygen atoms in total. The van der Waals surface area contributed by atoms with Gasteiger partial charge in [0.05, 0.1) is 14.8 Å². The molecule has 10 heteroatoms. The highest BCUT2D eigenvalue weighted by molar-refractivity contribution is 5.71. The first-order chi connectivity index (χ1) is 7.90. The molecule has 0 N–H and O–H groups in total. The summed E-state index contributed by atoms with van der Waals surface area (Å²) in [5.74, 6) is 0. The number of hydrogen-bond acceptors (Lipinski definition) is 7. The molecule has 0 saturated carbocycles. The van der Waals surface area contributed by atoms with E-state index in [9.17, 15) is 30.3 Å². The Kier molecular flexibility index (Phi) is 2.95. The summed E-state index contributed by atoms with van der Waals surface area (Å²) in [6.45, 7) is 0. The molecule has 0 unspecified atom stereocenters. The molecular weight excluding hydrogens is 236 g/mol. The van der Waals surface area contributed by atoms with Crippen LogP contribution in [0.25, 0.3) is 0 Å². The van der Waals surface area contributed by atoms with Crippen LogP contribution in [0.1, 0.15) is 5.56 Å². The van der Waals surface area contributed by atoms with Gasteiger partial charge in [-0.1, -0.05) is 0 Å². The van der Waals surface area contributed by atoms with Crippen LogP contribution in [0.4, 0.5) is 17.1 Å².